The number of allylic oxidation sites excluding steroid dienone is 1. The van der Waals surface area contributed by atoms with E-state index >= 15 is 0 Å². The van der Waals surface area contributed by atoms with Crippen LogP contribution in [0.15, 0.2) is 60.6 Å². The van der Waals surface area contributed by atoms with Crippen LogP contribution >= 0.6 is 47.8 Å². The highest BCUT2D eigenvalue weighted by molar-refractivity contribution is 9.11. The normalized spacial score (nSPS) is 15.1. The second kappa shape index (κ2) is 6.78. The average molecular weight is 528 g/mol. The van der Waals surface area contributed by atoms with Gasteiger partial charge in [0, 0.05) is 20.8 Å². The fourth-order valence-electron chi connectivity index (χ4n) is 2.94. The van der Waals surface area contributed by atoms with Gasteiger partial charge in [0.15, 0.2) is 0 Å². The molecule has 2 aliphatic rings. The summed E-state index contributed by atoms with van der Waals surface area (Å²) >= 11 is 10.8. The molecule has 4 rings (SSSR count). The first-order chi connectivity index (χ1) is 12.1. The molecule has 2 aromatic carbocycles. The van der Waals surface area contributed by atoms with Gasteiger partial charge in [0.05, 0.1) is 35.3 Å². The molecule has 0 spiro atoms. The number of benzene rings is 2. The van der Waals surface area contributed by atoms with Crippen LogP contribution in [0.2, 0.25) is 0 Å². The van der Waals surface area contributed by atoms with E-state index in [2.05, 4.69) is 87.0 Å². The van der Waals surface area contributed by atoms with Crippen LogP contribution in [0.3, 0.4) is 0 Å². The predicted octanol–water partition coefficient (Wildman–Crippen LogP) is 6.21. The fourth-order valence-corrected chi connectivity index (χ4v) is 4.72. The van der Waals surface area contributed by atoms with E-state index < -0.39 is 0 Å². The molecular weight excluding hydrogens is 514 g/mol. The van der Waals surface area contributed by atoms with Crippen molar-refractivity contribution in [2.45, 2.75) is 6.92 Å². The standard InChI is InChI=1S/C18H14Br3N3O/c1-2-25-17-4-3-12(7-14(17)20)23-9-13-8-22-18-15(21)5-11(19)6-16(18)24(13)10-23/h3-9H,2,10H2,1H3. The van der Waals surface area contributed by atoms with Crippen molar-refractivity contribution >= 4 is 71.1 Å². The first-order valence-electron chi connectivity index (χ1n) is 7.78. The number of halogens is 3. The smallest absolute Gasteiger partial charge is 0.133 e. The third-order valence-electron chi connectivity index (χ3n) is 4.07. The van der Waals surface area contributed by atoms with Gasteiger partial charge in [0.2, 0.25) is 0 Å². The first kappa shape index (κ1) is 17.1. The molecule has 0 unspecified atom stereocenters. The molecule has 2 aliphatic heterocycles. The van der Waals surface area contributed by atoms with E-state index in [0.29, 0.717) is 6.61 Å². The first-order valence-corrected chi connectivity index (χ1v) is 10.2. The molecule has 25 heavy (non-hydrogen) atoms. The Bertz CT molecular complexity index is 911. The van der Waals surface area contributed by atoms with Crippen molar-refractivity contribution < 1.29 is 4.74 Å². The van der Waals surface area contributed by atoms with Gasteiger partial charge in [-0.1, -0.05) is 15.9 Å². The number of nitrogens with zero attached hydrogens (tertiary/aromatic N) is 3. The minimum Gasteiger partial charge on any atom is -0.493 e. The maximum atomic E-state index is 5.60. The lowest BCUT2D eigenvalue weighted by Crippen LogP contribution is -2.28. The lowest BCUT2D eigenvalue weighted by atomic mass is 10.2. The molecule has 0 aromatic heterocycles. The second-order valence-electron chi connectivity index (χ2n) is 5.65. The fraction of sp³-hybridized carbons (Fsp3) is 0.167. The van der Waals surface area contributed by atoms with Crippen LogP contribution in [0, 0.1) is 0 Å². The lowest BCUT2D eigenvalue weighted by molar-refractivity contribution is 0.338. The molecule has 0 amide bonds. The highest BCUT2D eigenvalue weighted by atomic mass is 79.9. The van der Waals surface area contributed by atoms with Gasteiger partial charge >= 0.3 is 0 Å². The largest absolute Gasteiger partial charge is 0.493 e. The Morgan fingerprint density at radius 2 is 1.96 bits per heavy atom. The quantitative estimate of drug-likeness (QED) is 0.475. The van der Waals surface area contributed by atoms with Gasteiger partial charge < -0.3 is 14.5 Å². The molecule has 2 heterocycles. The topological polar surface area (TPSA) is 28.1 Å². The van der Waals surface area contributed by atoms with E-state index in [0.717, 1.165) is 48.6 Å². The molecule has 4 nitrogen and oxygen atoms in total. The van der Waals surface area contributed by atoms with Gasteiger partial charge in [-0.2, -0.15) is 0 Å². The maximum absolute atomic E-state index is 5.60. The summed E-state index contributed by atoms with van der Waals surface area (Å²) in [5.74, 6) is 0.857. The van der Waals surface area contributed by atoms with E-state index in [1.54, 1.807) is 0 Å². The van der Waals surface area contributed by atoms with E-state index in [1.807, 2.05) is 25.3 Å². The summed E-state index contributed by atoms with van der Waals surface area (Å²) in [6, 6.07) is 10.3. The highest BCUT2D eigenvalue weighted by Gasteiger charge is 2.28. The molecule has 0 N–H and O–H groups in total. The van der Waals surface area contributed by atoms with Crippen molar-refractivity contribution in [3.8, 4) is 5.75 Å². The molecule has 0 saturated heterocycles. The van der Waals surface area contributed by atoms with Crippen LogP contribution < -0.4 is 14.5 Å². The van der Waals surface area contributed by atoms with E-state index in [9.17, 15) is 0 Å². The van der Waals surface area contributed by atoms with Crippen molar-refractivity contribution in [2.24, 2.45) is 4.99 Å². The van der Waals surface area contributed by atoms with Crippen molar-refractivity contribution in [3.05, 3.63) is 55.6 Å². The number of aliphatic imine (C=N–C) groups is 1. The van der Waals surface area contributed by atoms with Crippen LogP contribution in [-0.4, -0.2) is 19.5 Å². The van der Waals surface area contributed by atoms with Crippen molar-refractivity contribution in [2.75, 3.05) is 23.1 Å². The van der Waals surface area contributed by atoms with Gasteiger partial charge in [0.1, 0.15) is 11.4 Å². The van der Waals surface area contributed by atoms with Gasteiger partial charge in [-0.15, -0.1) is 0 Å². The molecule has 0 bridgehead atoms. The SMILES string of the molecule is CCOc1ccc(N2C=C3C=Nc4c(Br)cc(Br)cc4N3C2)cc1Br. The summed E-state index contributed by atoms with van der Waals surface area (Å²) in [5.41, 5.74) is 4.21. The summed E-state index contributed by atoms with van der Waals surface area (Å²) in [6.07, 6.45) is 4.02. The maximum Gasteiger partial charge on any atom is 0.133 e. The second-order valence-corrected chi connectivity index (χ2v) is 8.28. The summed E-state index contributed by atoms with van der Waals surface area (Å²) in [5, 5.41) is 0. The highest BCUT2D eigenvalue weighted by Crippen LogP contribution is 2.44. The van der Waals surface area contributed by atoms with Gasteiger partial charge in [-0.05, 0) is 69.1 Å². The number of hydrogen-bond acceptors (Lipinski definition) is 4. The third-order valence-corrected chi connectivity index (χ3v) is 5.75. The third kappa shape index (κ3) is 3.13. The molecule has 128 valence electrons. The van der Waals surface area contributed by atoms with Gasteiger partial charge in [-0.25, -0.2) is 0 Å². The molecular formula is C18H14Br3N3O. The Kier molecular flexibility index (Phi) is 4.64. The zero-order valence-corrected chi connectivity index (χ0v) is 18.1. The minimum atomic E-state index is 0.649. The lowest BCUT2D eigenvalue weighted by Gasteiger charge is -2.27. The number of fused-ring (bicyclic) bond motifs is 3. The van der Waals surface area contributed by atoms with Crippen LogP contribution in [-0.2, 0) is 0 Å². The summed E-state index contributed by atoms with van der Waals surface area (Å²) in [7, 11) is 0. The number of anilines is 2. The zero-order valence-electron chi connectivity index (χ0n) is 13.3. The monoisotopic (exact) mass is 525 g/mol. The molecule has 0 radical (unpaired) electrons. The van der Waals surface area contributed by atoms with Crippen LogP contribution in [0.25, 0.3) is 0 Å². The molecule has 0 aliphatic carbocycles. The molecule has 2 aromatic rings. The summed E-state index contributed by atoms with van der Waals surface area (Å²) in [4.78, 5) is 9.05. The van der Waals surface area contributed by atoms with Crippen LogP contribution in [0.4, 0.5) is 17.1 Å². The Hall–Kier alpha value is -1.31. The Labute approximate surface area is 171 Å². The van der Waals surface area contributed by atoms with Gasteiger partial charge in [0.25, 0.3) is 0 Å². The van der Waals surface area contributed by atoms with Crippen LogP contribution in [0.1, 0.15) is 6.92 Å². The molecule has 7 heteroatoms. The molecule has 0 fully saturated rings. The summed E-state index contributed by atoms with van der Waals surface area (Å²) < 4.78 is 8.56. The Morgan fingerprint density at radius 1 is 1.12 bits per heavy atom. The Balaban J connectivity index is 1.67. The number of hydrogen-bond donors (Lipinski definition) is 0. The van der Waals surface area contributed by atoms with Crippen molar-refractivity contribution in [3.63, 3.8) is 0 Å². The molecule has 0 saturated carbocycles. The number of rotatable bonds is 3. The Morgan fingerprint density at radius 3 is 2.72 bits per heavy atom. The van der Waals surface area contributed by atoms with Crippen molar-refractivity contribution in [1.29, 1.82) is 0 Å². The zero-order chi connectivity index (χ0) is 17.6. The minimum absolute atomic E-state index is 0.649. The number of ether oxygens (including phenoxy) is 1. The van der Waals surface area contributed by atoms with Crippen LogP contribution in [0.5, 0.6) is 5.75 Å². The van der Waals surface area contributed by atoms with Gasteiger partial charge in [-0.3, -0.25) is 4.99 Å². The van der Waals surface area contributed by atoms with E-state index in [4.69, 9.17) is 4.74 Å². The van der Waals surface area contributed by atoms with E-state index in [1.165, 1.54) is 0 Å². The molecule has 0 atom stereocenters. The predicted molar refractivity (Wildman–Crippen MR) is 113 cm³/mol. The van der Waals surface area contributed by atoms with E-state index in [-0.39, 0.29) is 0 Å². The summed E-state index contributed by atoms with van der Waals surface area (Å²) in [6.45, 7) is 3.37. The average Bonchev–Trinajstić information content (AvgIpc) is 3.01. The van der Waals surface area contributed by atoms with Crippen molar-refractivity contribution in [1.82, 2.24) is 0 Å².